The number of nitrogens with zero attached hydrogens (tertiary/aromatic N) is 2. The van der Waals surface area contributed by atoms with Gasteiger partial charge >= 0.3 is 0 Å². The molecule has 0 radical (unpaired) electrons. The minimum atomic E-state index is -0.707. The number of primary amides is 1. The molecule has 0 saturated heterocycles. The predicted molar refractivity (Wildman–Crippen MR) is 68.9 cm³/mol. The lowest BCUT2D eigenvalue weighted by Crippen LogP contribution is -2.16. The van der Waals surface area contributed by atoms with E-state index in [2.05, 4.69) is 15.3 Å². The summed E-state index contributed by atoms with van der Waals surface area (Å²) in [4.78, 5) is 18.7. The van der Waals surface area contributed by atoms with Crippen molar-refractivity contribution >= 4 is 11.7 Å². The summed E-state index contributed by atoms with van der Waals surface area (Å²) in [5.74, 6) is -1.74. The summed E-state index contributed by atoms with van der Waals surface area (Å²) in [6, 6.07) is 2.84. The van der Waals surface area contributed by atoms with Crippen LogP contribution in [0.3, 0.4) is 0 Å². The minimum Gasteiger partial charge on any atom is -0.364 e. The molecule has 1 atom stereocenters. The zero-order valence-corrected chi connectivity index (χ0v) is 10.6. The third-order valence-corrected chi connectivity index (χ3v) is 2.68. The summed E-state index contributed by atoms with van der Waals surface area (Å²) in [5.41, 5.74) is 5.37. The SMILES string of the molecule is CC(Nc1cncc(C(N)=O)n1)c1ccc(F)cc1F. The fraction of sp³-hybridized carbons (Fsp3) is 0.154. The van der Waals surface area contributed by atoms with Crippen LogP contribution in [0.15, 0.2) is 30.6 Å². The van der Waals surface area contributed by atoms with Crippen molar-refractivity contribution in [1.82, 2.24) is 9.97 Å². The molecule has 2 rings (SSSR count). The second kappa shape index (κ2) is 5.60. The van der Waals surface area contributed by atoms with Gasteiger partial charge in [0, 0.05) is 11.6 Å². The third kappa shape index (κ3) is 3.05. The highest BCUT2D eigenvalue weighted by atomic mass is 19.1. The molecule has 0 bridgehead atoms. The van der Waals surface area contributed by atoms with Gasteiger partial charge in [0.2, 0.25) is 0 Å². The molecular formula is C13H12F2N4O. The van der Waals surface area contributed by atoms with E-state index in [0.717, 1.165) is 6.07 Å². The molecule has 104 valence electrons. The second-order valence-electron chi connectivity index (χ2n) is 4.19. The van der Waals surface area contributed by atoms with Crippen molar-refractivity contribution in [2.45, 2.75) is 13.0 Å². The summed E-state index contributed by atoms with van der Waals surface area (Å²) >= 11 is 0. The van der Waals surface area contributed by atoms with Crippen molar-refractivity contribution in [3.63, 3.8) is 0 Å². The third-order valence-electron chi connectivity index (χ3n) is 2.68. The van der Waals surface area contributed by atoms with Crippen LogP contribution in [0.4, 0.5) is 14.6 Å². The number of benzene rings is 1. The van der Waals surface area contributed by atoms with Gasteiger partial charge in [0.15, 0.2) is 0 Å². The molecule has 0 fully saturated rings. The monoisotopic (exact) mass is 278 g/mol. The summed E-state index contributed by atoms with van der Waals surface area (Å²) in [6.45, 7) is 1.68. The fourth-order valence-electron chi connectivity index (χ4n) is 1.71. The van der Waals surface area contributed by atoms with Gasteiger partial charge in [-0.25, -0.2) is 13.8 Å². The maximum Gasteiger partial charge on any atom is 0.268 e. The summed E-state index contributed by atoms with van der Waals surface area (Å²) < 4.78 is 26.5. The van der Waals surface area contributed by atoms with Crippen molar-refractivity contribution in [2.24, 2.45) is 5.73 Å². The first-order chi connectivity index (χ1) is 9.47. The van der Waals surface area contributed by atoms with Crippen LogP contribution >= 0.6 is 0 Å². The number of hydrogen-bond donors (Lipinski definition) is 2. The van der Waals surface area contributed by atoms with E-state index in [4.69, 9.17) is 5.73 Å². The lowest BCUT2D eigenvalue weighted by Gasteiger charge is -2.15. The number of hydrogen-bond acceptors (Lipinski definition) is 4. The molecule has 3 N–H and O–H groups in total. The van der Waals surface area contributed by atoms with E-state index >= 15 is 0 Å². The molecule has 1 unspecified atom stereocenters. The van der Waals surface area contributed by atoms with E-state index in [-0.39, 0.29) is 17.1 Å². The number of halogens is 2. The van der Waals surface area contributed by atoms with Gasteiger partial charge in [0.1, 0.15) is 23.1 Å². The molecule has 1 amide bonds. The molecule has 1 heterocycles. The molecule has 0 aliphatic rings. The van der Waals surface area contributed by atoms with Gasteiger partial charge in [-0.2, -0.15) is 0 Å². The van der Waals surface area contributed by atoms with Gasteiger partial charge in [-0.1, -0.05) is 6.07 Å². The number of amides is 1. The normalized spacial score (nSPS) is 11.9. The van der Waals surface area contributed by atoms with Crippen LogP contribution in [-0.4, -0.2) is 15.9 Å². The Morgan fingerprint density at radius 3 is 2.75 bits per heavy atom. The highest BCUT2D eigenvalue weighted by Gasteiger charge is 2.13. The molecule has 0 aliphatic heterocycles. The quantitative estimate of drug-likeness (QED) is 0.896. The highest BCUT2D eigenvalue weighted by Crippen LogP contribution is 2.21. The molecule has 20 heavy (non-hydrogen) atoms. The van der Waals surface area contributed by atoms with Crippen LogP contribution in [0.1, 0.15) is 29.0 Å². The zero-order valence-electron chi connectivity index (χ0n) is 10.6. The molecule has 1 aromatic heterocycles. The number of carbonyl (C=O) groups is 1. The molecule has 0 saturated carbocycles. The van der Waals surface area contributed by atoms with E-state index in [1.54, 1.807) is 6.92 Å². The van der Waals surface area contributed by atoms with Crippen molar-refractivity contribution in [2.75, 3.05) is 5.32 Å². The topological polar surface area (TPSA) is 80.9 Å². The zero-order chi connectivity index (χ0) is 14.7. The Kier molecular flexibility index (Phi) is 3.88. The Morgan fingerprint density at radius 1 is 1.35 bits per heavy atom. The van der Waals surface area contributed by atoms with Crippen molar-refractivity contribution in [1.29, 1.82) is 0 Å². The van der Waals surface area contributed by atoms with Gasteiger partial charge in [-0.05, 0) is 13.0 Å². The van der Waals surface area contributed by atoms with Crippen molar-refractivity contribution in [3.8, 4) is 0 Å². The lowest BCUT2D eigenvalue weighted by atomic mass is 10.1. The van der Waals surface area contributed by atoms with Gasteiger partial charge in [-0.15, -0.1) is 0 Å². The Morgan fingerprint density at radius 2 is 2.10 bits per heavy atom. The predicted octanol–water partition coefficient (Wildman–Crippen LogP) is 2.03. The highest BCUT2D eigenvalue weighted by molar-refractivity contribution is 5.90. The Bertz CT molecular complexity index is 648. The van der Waals surface area contributed by atoms with Gasteiger partial charge in [0.25, 0.3) is 5.91 Å². The molecule has 1 aromatic carbocycles. The smallest absolute Gasteiger partial charge is 0.268 e. The largest absolute Gasteiger partial charge is 0.364 e. The van der Waals surface area contributed by atoms with Crippen LogP contribution in [0.25, 0.3) is 0 Å². The lowest BCUT2D eigenvalue weighted by molar-refractivity contribution is 0.0995. The Labute approximate surface area is 113 Å². The Balaban J connectivity index is 2.21. The van der Waals surface area contributed by atoms with Crippen LogP contribution < -0.4 is 11.1 Å². The van der Waals surface area contributed by atoms with E-state index in [1.165, 1.54) is 24.5 Å². The van der Waals surface area contributed by atoms with Crippen molar-refractivity contribution < 1.29 is 13.6 Å². The van der Waals surface area contributed by atoms with Crippen LogP contribution in [0.5, 0.6) is 0 Å². The first-order valence-corrected chi connectivity index (χ1v) is 5.80. The molecule has 0 aliphatic carbocycles. The maximum atomic E-state index is 13.6. The van der Waals surface area contributed by atoms with Crippen LogP contribution in [0, 0.1) is 11.6 Å². The summed E-state index contributed by atoms with van der Waals surface area (Å²) in [5, 5.41) is 2.87. The number of carbonyl (C=O) groups excluding carboxylic acids is 1. The summed E-state index contributed by atoms with van der Waals surface area (Å²) in [6.07, 6.45) is 2.61. The fourth-order valence-corrected chi connectivity index (χ4v) is 1.71. The summed E-state index contributed by atoms with van der Waals surface area (Å²) in [7, 11) is 0. The Hall–Kier alpha value is -2.57. The van der Waals surface area contributed by atoms with Gasteiger partial charge < -0.3 is 11.1 Å². The second-order valence-corrected chi connectivity index (χ2v) is 4.19. The number of nitrogens with two attached hydrogens (primary N) is 1. The standard InChI is InChI=1S/C13H12F2N4O/c1-7(9-3-2-8(14)4-10(9)15)18-12-6-17-5-11(19-12)13(16)20/h2-7H,1H3,(H2,16,20)(H,18,19). The number of aromatic nitrogens is 2. The van der Waals surface area contributed by atoms with E-state index < -0.39 is 23.6 Å². The molecule has 2 aromatic rings. The van der Waals surface area contributed by atoms with Crippen molar-refractivity contribution in [3.05, 3.63) is 53.5 Å². The molecule has 0 spiro atoms. The average Bonchev–Trinajstić information content (AvgIpc) is 2.38. The molecule has 5 nitrogen and oxygen atoms in total. The number of anilines is 1. The maximum absolute atomic E-state index is 13.6. The van der Waals surface area contributed by atoms with Crippen LogP contribution in [0.2, 0.25) is 0 Å². The minimum absolute atomic E-state index is 0.00165. The van der Waals surface area contributed by atoms with Gasteiger partial charge in [-0.3, -0.25) is 9.78 Å². The van der Waals surface area contributed by atoms with E-state index in [0.29, 0.717) is 0 Å². The number of rotatable bonds is 4. The van der Waals surface area contributed by atoms with E-state index in [1.807, 2.05) is 0 Å². The first-order valence-electron chi connectivity index (χ1n) is 5.80. The molecular weight excluding hydrogens is 266 g/mol. The van der Waals surface area contributed by atoms with E-state index in [9.17, 15) is 13.6 Å². The average molecular weight is 278 g/mol. The van der Waals surface area contributed by atoms with Gasteiger partial charge in [0.05, 0.1) is 18.4 Å². The molecule has 7 heteroatoms. The first kappa shape index (κ1) is 13.9. The van der Waals surface area contributed by atoms with Crippen LogP contribution in [-0.2, 0) is 0 Å². The number of nitrogens with one attached hydrogen (secondary N) is 1.